The lowest BCUT2D eigenvalue weighted by Gasteiger charge is -2.63. The normalized spacial score (nSPS) is 35.0. The van der Waals surface area contributed by atoms with Crippen LogP contribution >= 0.6 is 0 Å². The smallest absolute Gasteiger partial charge is 0.335 e. The highest BCUT2D eigenvalue weighted by Gasteiger charge is 2.70. The van der Waals surface area contributed by atoms with Gasteiger partial charge in [-0.15, -0.1) is 0 Å². The maximum atomic E-state index is 12.8. The number of carboxylic acid groups (broad SMARTS) is 1. The van der Waals surface area contributed by atoms with E-state index in [9.17, 15) is 34.2 Å². The van der Waals surface area contributed by atoms with Crippen LogP contribution in [0, 0.1) is 28.6 Å². The molecule has 4 saturated carbocycles. The number of carbonyl (C=O) groups is 4. The summed E-state index contributed by atoms with van der Waals surface area (Å²) >= 11 is 0. The summed E-state index contributed by atoms with van der Waals surface area (Å²) in [4.78, 5) is 64.6. The number of rotatable bonds is 12. The van der Waals surface area contributed by atoms with E-state index in [2.05, 4.69) is 24.2 Å². The van der Waals surface area contributed by atoms with E-state index in [0.717, 1.165) is 31.2 Å². The first-order valence-electron chi connectivity index (χ1n) is 17.8. The zero-order valence-electron chi connectivity index (χ0n) is 29.2. The highest BCUT2D eigenvalue weighted by molar-refractivity contribution is 5.85. The molecular formula is C36H52N4O10. The average molecular weight is 701 g/mol. The quantitative estimate of drug-likeness (QED) is 0.0917. The molecule has 1 amide bonds. The number of carboxylic acids is 1. The summed E-state index contributed by atoms with van der Waals surface area (Å²) in [7, 11) is 0. The SMILES string of the molecule is CC(=O)O[C@H]1C[C@]2(O)[C@@H]3CC[C@@H]4C[C@@H](OC(=O)CCC(=O)N[C@@H](CCCN=C(N)N)C(=O)O)CC[C@]4(C)[C@H]3CC[C@]2(C)[C@H]1c1ccc(=O)oc1. The Bertz CT molecular complexity index is 1520. The molecule has 4 fully saturated rings. The number of carbonyl (C=O) groups excluding carboxylic acids is 3. The molecule has 0 unspecified atom stereocenters. The fraction of sp³-hybridized carbons (Fsp3) is 0.722. The summed E-state index contributed by atoms with van der Waals surface area (Å²) in [5.74, 6) is -2.54. The molecule has 5 rings (SSSR count). The van der Waals surface area contributed by atoms with Gasteiger partial charge in [0.1, 0.15) is 18.2 Å². The first-order valence-corrected chi connectivity index (χ1v) is 17.8. The van der Waals surface area contributed by atoms with E-state index in [-0.39, 0.29) is 67.0 Å². The Morgan fingerprint density at radius 3 is 2.48 bits per heavy atom. The number of amides is 1. The second kappa shape index (κ2) is 14.7. The van der Waals surface area contributed by atoms with Crippen molar-refractivity contribution in [2.24, 2.45) is 45.0 Å². The number of nitrogens with zero attached hydrogens (tertiary/aromatic N) is 1. The van der Waals surface area contributed by atoms with Crippen molar-refractivity contribution >= 4 is 29.8 Å². The maximum absolute atomic E-state index is 12.8. The zero-order chi connectivity index (χ0) is 36.4. The number of hydrogen-bond acceptors (Lipinski definition) is 10. The minimum absolute atomic E-state index is 0.0138. The van der Waals surface area contributed by atoms with Gasteiger partial charge in [0, 0.05) is 43.7 Å². The first kappa shape index (κ1) is 37.3. The molecule has 7 N–H and O–H groups in total. The molecule has 276 valence electrons. The second-order valence-electron chi connectivity index (χ2n) is 15.4. The van der Waals surface area contributed by atoms with Crippen molar-refractivity contribution in [3.8, 4) is 0 Å². The van der Waals surface area contributed by atoms with Crippen LogP contribution < -0.4 is 22.4 Å². The zero-order valence-corrected chi connectivity index (χ0v) is 29.2. The average Bonchev–Trinajstić information content (AvgIpc) is 3.27. The van der Waals surface area contributed by atoms with Crippen molar-refractivity contribution in [1.29, 1.82) is 0 Å². The van der Waals surface area contributed by atoms with E-state index in [1.165, 1.54) is 19.3 Å². The Morgan fingerprint density at radius 1 is 1.06 bits per heavy atom. The molecule has 0 aliphatic heterocycles. The number of ether oxygens (including phenoxy) is 2. The van der Waals surface area contributed by atoms with Crippen molar-refractivity contribution in [1.82, 2.24) is 5.32 Å². The van der Waals surface area contributed by atoms with Gasteiger partial charge in [-0.25, -0.2) is 9.59 Å². The number of guanidine groups is 1. The van der Waals surface area contributed by atoms with Gasteiger partial charge in [-0.2, -0.15) is 0 Å². The van der Waals surface area contributed by atoms with Gasteiger partial charge in [0.05, 0.1) is 18.3 Å². The monoisotopic (exact) mass is 700 g/mol. The molecule has 1 aromatic heterocycles. The molecule has 1 heterocycles. The third-order valence-electron chi connectivity index (χ3n) is 12.6. The van der Waals surface area contributed by atoms with E-state index in [0.29, 0.717) is 32.1 Å². The molecule has 0 radical (unpaired) electrons. The van der Waals surface area contributed by atoms with Crippen LogP contribution in [-0.2, 0) is 28.7 Å². The minimum Gasteiger partial charge on any atom is -0.480 e. The van der Waals surface area contributed by atoms with Crippen LogP contribution in [0.3, 0.4) is 0 Å². The molecule has 50 heavy (non-hydrogen) atoms. The first-order chi connectivity index (χ1) is 23.6. The standard InChI is InChI=1S/C36H52N4O10/c1-20(41)49-27-18-36(47)25-8-7-22-17-23(50-30(44)11-9-28(42)40-26(32(45)46)5-4-16-39-33(37)38)12-14-34(22,2)24(25)13-15-35(36,3)31(27)21-6-10-29(43)48-19-21/h6,10,19,22-27,31,47H,4-5,7-9,11-18H2,1-3H3,(H,40,42)(H,45,46)(H4,37,38,39)/t22-,23+,24+,25-,26+,27+,31+,34+,35-,36+/m1/s1. The summed E-state index contributed by atoms with van der Waals surface area (Å²) in [6.45, 7) is 6.01. The Morgan fingerprint density at radius 2 is 1.82 bits per heavy atom. The largest absolute Gasteiger partial charge is 0.480 e. The molecule has 0 aromatic carbocycles. The predicted octanol–water partition coefficient (Wildman–Crippen LogP) is 2.74. The summed E-state index contributed by atoms with van der Waals surface area (Å²) in [5.41, 5.74) is 9.07. The van der Waals surface area contributed by atoms with Crippen LogP contribution in [0.15, 0.2) is 32.6 Å². The van der Waals surface area contributed by atoms with Crippen LogP contribution in [0.2, 0.25) is 0 Å². The Labute approximate surface area is 291 Å². The van der Waals surface area contributed by atoms with E-state index < -0.39 is 52.6 Å². The molecule has 10 atom stereocenters. The Kier molecular flexibility index (Phi) is 11.0. The van der Waals surface area contributed by atoms with Gasteiger partial charge in [-0.3, -0.25) is 19.4 Å². The van der Waals surface area contributed by atoms with Crippen LogP contribution in [0.1, 0.15) is 109 Å². The summed E-state index contributed by atoms with van der Waals surface area (Å²) < 4.78 is 16.9. The van der Waals surface area contributed by atoms with Crippen LogP contribution in [0.4, 0.5) is 0 Å². The second-order valence-corrected chi connectivity index (χ2v) is 15.4. The van der Waals surface area contributed by atoms with Crippen molar-refractivity contribution in [3.05, 3.63) is 34.4 Å². The van der Waals surface area contributed by atoms with Gasteiger partial charge in [0.2, 0.25) is 5.91 Å². The van der Waals surface area contributed by atoms with Gasteiger partial charge in [0.15, 0.2) is 5.96 Å². The number of aliphatic hydroxyl groups is 1. The summed E-state index contributed by atoms with van der Waals surface area (Å²) in [6, 6.07) is 1.97. The minimum atomic E-state index is -1.18. The molecule has 14 nitrogen and oxygen atoms in total. The lowest BCUT2D eigenvalue weighted by Crippen LogP contribution is -2.62. The molecule has 0 bridgehead atoms. The third kappa shape index (κ3) is 7.40. The lowest BCUT2D eigenvalue weighted by molar-refractivity contribution is -0.207. The Balaban J connectivity index is 1.18. The molecule has 0 saturated heterocycles. The van der Waals surface area contributed by atoms with E-state index in [1.807, 2.05) is 0 Å². The third-order valence-corrected chi connectivity index (χ3v) is 12.6. The van der Waals surface area contributed by atoms with Crippen molar-refractivity contribution in [2.75, 3.05) is 6.54 Å². The number of nitrogens with two attached hydrogens (primary N) is 2. The number of nitrogens with one attached hydrogen (secondary N) is 1. The number of aliphatic carboxylic acids is 1. The van der Waals surface area contributed by atoms with Gasteiger partial charge in [-0.05, 0) is 92.6 Å². The van der Waals surface area contributed by atoms with E-state index >= 15 is 0 Å². The van der Waals surface area contributed by atoms with Crippen LogP contribution in [-0.4, -0.2) is 70.4 Å². The van der Waals surface area contributed by atoms with Crippen molar-refractivity contribution in [3.63, 3.8) is 0 Å². The number of hydrogen-bond donors (Lipinski definition) is 5. The van der Waals surface area contributed by atoms with Gasteiger partial charge >= 0.3 is 23.5 Å². The predicted molar refractivity (Wildman–Crippen MR) is 180 cm³/mol. The number of esters is 2. The molecule has 0 spiro atoms. The lowest BCUT2D eigenvalue weighted by atomic mass is 9.43. The summed E-state index contributed by atoms with van der Waals surface area (Å²) in [5, 5.41) is 24.7. The van der Waals surface area contributed by atoms with Crippen molar-refractivity contribution in [2.45, 2.75) is 128 Å². The topological polar surface area (TPSA) is 234 Å². The molecular weight excluding hydrogens is 648 g/mol. The molecule has 4 aliphatic carbocycles. The fourth-order valence-corrected chi connectivity index (χ4v) is 10.2. The van der Waals surface area contributed by atoms with Crippen LogP contribution in [0.5, 0.6) is 0 Å². The van der Waals surface area contributed by atoms with Gasteiger partial charge < -0.3 is 40.9 Å². The maximum Gasteiger partial charge on any atom is 0.335 e. The van der Waals surface area contributed by atoms with Gasteiger partial charge in [-0.1, -0.05) is 13.8 Å². The fourth-order valence-electron chi connectivity index (χ4n) is 10.2. The van der Waals surface area contributed by atoms with Crippen molar-refractivity contribution < 1.29 is 43.3 Å². The summed E-state index contributed by atoms with van der Waals surface area (Å²) in [6.07, 6.45) is 6.53. The number of fused-ring (bicyclic) bond motifs is 5. The molecule has 14 heteroatoms. The van der Waals surface area contributed by atoms with E-state index in [4.69, 9.17) is 25.4 Å². The Hall–Kier alpha value is -3.94. The van der Waals surface area contributed by atoms with Gasteiger partial charge in [0.25, 0.3) is 0 Å². The molecule has 1 aromatic rings. The highest BCUT2D eigenvalue weighted by atomic mass is 16.5. The van der Waals surface area contributed by atoms with Crippen LogP contribution in [0.25, 0.3) is 0 Å². The molecule has 4 aliphatic rings. The van der Waals surface area contributed by atoms with E-state index in [1.54, 1.807) is 6.07 Å². The number of aliphatic imine (C=N–C) groups is 1. The highest BCUT2D eigenvalue weighted by Crippen LogP contribution is 2.71.